The second-order valence-corrected chi connectivity index (χ2v) is 7.23. The van der Waals surface area contributed by atoms with Crippen LogP contribution in [-0.4, -0.2) is 21.2 Å². The van der Waals surface area contributed by atoms with E-state index in [0.29, 0.717) is 5.69 Å². The van der Waals surface area contributed by atoms with Crippen molar-refractivity contribution in [2.24, 2.45) is 0 Å². The number of carbonyl (C=O) groups excluding carboxylic acids is 1. The normalized spacial score (nSPS) is 17.9. The Hall–Kier alpha value is -2.61. The first kappa shape index (κ1) is 15.9. The van der Waals surface area contributed by atoms with Crippen LogP contribution in [0.5, 0.6) is 0 Å². The van der Waals surface area contributed by atoms with Gasteiger partial charge in [0.2, 0.25) is 0 Å². The van der Waals surface area contributed by atoms with E-state index in [1.54, 1.807) is 0 Å². The van der Waals surface area contributed by atoms with Crippen LogP contribution in [0.15, 0.2) is 24.3 Å². The molecule has 1 N–H and O–H groups in total. The highest BCUT2D eigenvalue weighted by molar-refractivity contribution is 5.95. The maximum absolute atomic E-state index is 12.9. The molecule has 0 saturated heterocycles. The third-order valence-corrected chi connectivity index (χ3v) is 5.45. The van der Waals surface area contributed by atoms with Crippen LogP contribution >= 0.6 is 0 Å². The van der Waals surface area contributed by atoms with Crippen LogP contribution in [0.25, 0.3) is 5.69 Å². The molecule has 0 aliphatic heterocycles. The minimum atomic E-state index is -0.712. The van der Waals surface area contributed by atoms with E-state index < -0.39 is 5.54 Å². The number of fused-ring (bicyclic) bond motifs is 1. The third kappa shape index (κ3) is 2.72. The van der Waals surface area contributed by atoms with E-state index in [1.807, 2.05) is 16.8 Å². The lowest BCUT2D eigenvalue weighted by Crippen LogP contribution is -2.45. The number of carbonyl (C=O) groups is 1. The molecular formula is C20H22N4O. The first-order chi connectivity index (χ1) is 12.1. The molecule has 128 valence electrons. The summed E-state index contributed by atoms with van der Waals surface area (Å²) in [5, 5.41) is 17.1. The van der Waals surface area contributed by atoms with Crippen molar-refractivity contribution in [3.63, 3.8) is 0 Å². The van der Waals surface area contributed by atoms with E-state index >= 15 is 0 Å². The van der Waals surface area contributed by atoms with Crippen LogP contribution in [0.4, 0.5) is 0 Å². The topological polar surface area (TPSA) is 70.7 Å². The number of hydrogen-bond donors (Lipinski definition) is 1. The molecule has 1 aromatic carbocycles. The first-order valence-corrected chi connectivity index (χ1v) is 9.03. The van der Waals surface area contributed by atoms with E-state index in [0.717, 1.165) is 61.9 Å². The van der Waals surface area contributed by atoms with Gasteiger partial charge >= 0.3 is 0 Å². The highest BCUT2D eigenvalue weighted by atomic mass is 16.2. The Balaban J connectivity index is 1.69. The maximum atomic E-state index is 12.9. The zero-order chi connectivity index (χ0) is 17.4. The van der Waals surface area contributed by atoms with Gasteiger partial charge in [-0.1, -0.05) is 17.7 Å². The molecule has 0 radical (unpaired) electrons. The number of hydrogen-bond acceptors (Lipinski definition) is 3. The highest BCUT2D eigenvalue weighted by Gasteiger charge is 2.37. The summed E-state index contributed by atoms with van der Waals surface area (Å²) in [5.74, 6) is -0.201. The van der Waals surface area contributed by atoms with E-state index in [-0.39, 0.29) is 5.91 Å². The fourth-order valence-electron chi connectivity index (χ4n) is 4.04. The van der Waals surface area contributed by atoms with Crippen molar-refractivity contribution in [3.05, 3.63) is 46.8 Å². The Labute approximate surface area is 147 Å². The molecule has 2 aliphatic rings. The summed E-state index contributed by atoms with van der Waals surface area (Å²) in [6.45, 7) is 2.05. The fourth-order valence-corrected chi connectivity index (χ4v) is 4.04. The minimum absolute atomic E-state index is 0.201. The number of nitriles is 1. The second-order valence-electron chi connectivity index (χ2n) is 7.23. The summed E-state index contributed by atoms with van der Waals surface area (Å²) in [7, 11) is 0. The third-order valence-electron chi connectivity index (χ3n) is 5.45. The molecule has 25 heavy (non-hydrogen) atoms. The SMILES string of the molecule is Cc1ccc(-n2nc(C(=O)NC3(C#N)CCCC3)c3c2CCC3)cc1. The van der Waals surface area contributed by atoms with Gasteiger partial charge in [0, 0.05) is 11.3 Å². The van der Waals surface area contributed by atoms with Gasteiger partial charge in [-0.25, -0.2) is 4.68 Å². The molecule has 1 saturated carbocycles. The second kappa shape index (κ2) is 6.03. The molecule has 1 heterocycles. The van der Waals surface area contributed by atoms with Crippen molar-refractivity contribution in [1.29, 1.82) is 5.26 Å². The monoisotopic (exact) mass is 334 g/mol. The zero-order valence-electron chi connectivity index (χ0n) is 14.5. The van der Waals surface area contributed by atoms with Gasteiger partial charge in [-0.3, -0.25) is 4.79 Å². The quantitative estimate of drug-likeness (QED) is 0.937. The molecule has 0 unspecified atom stereocenters. The van der Waals surface area contributed by atoms with Crippen LogP contribution in [0.2, 0.25) is 0 Å². The molecule has 4 rings (SSSR count). The van der Waals surface area contributed by atoms with Gasteiger partial charge in [-0.2, -0.15) is 10.4 Å². The minimum Gasteiger partial charge on any atom is -0.332 e. The maximum Gasteiger partial charge on any atom is 0.273 e. The van der Waals surface area contributed by atoms with Crippen molar-refractivity contribution in [3.8, 4) is 11.8 Å². The Kier molecular flexibility index (Phi) is 3.84. The van der Waals surface area contributed by atoms with Crippen LogP contribution in [0.1, 0.15) is 59.4 Å². The number of nitrogens with one attached hydrogen (secondary N) is 1. The number of benzene rings is 1. The molecular weight excluding hydrogens is 312 g/mol. The average Bonchev–Trinajstić information content (AvgIpc) is 3.32. The Morgan fingerprint density at radius 3 is 2.60 bits per heavy atom. The van der Waals surface area contributed by atoms with Crippen molar-refractivity contribution in [2.45, 2.75) is 57.4 Å². The van der Waals surface area contributed by atoms with Gasteiger partial charge in [0.15, 0.2) is 5.69 Å². The Morgan fingerprint density at radius 2 is 1.92 bits per heavy atom. The summed E-state index contributed by atoms with van der Waals surface area (Å²) in [5.41, 5.74) is 4.14. The molecule has 1 fully saturated rings. The van der Waals surface area contributed by atoms with E-state index in [1.165, 1.54) is 5.56 Å². The smallest absolute Gasteiger partial charge is 0.273 e. The van der Waals surface area contributed by atoms with E-state index in [4.69, 9.17) is 0 Å². The van der Waals surface area contributed by atoms with Crippen molar-refractivity contribution in [1.82, 2.24) is 15.1 Å². The molecule has 2 aromatic rings. The number of amides is 1. The van der Waals surface area contributed by atoms with Crippen LogP contribution in [0, 0.1) is 18.3 Å². The van der Waals surface area contributed by atoms with Crippen LogP contribution < -0.4 is 5.32 Å². The van der Waals surface area contributed by atoms with Gasteiger partial charge in [-0.05, 0) is 64.0 Å². The summed E-state index contributed by atoms with van der Waals surface area (Å²) in [6, 6.07) is 10.5. The summed E-state index contributed by atoms with van der Waals surface area (Å²) in [4.78, 5) is 12.9. The standard InChI is InChI=1S/C20H22N4O/c1-14-7-9-15(10-8-14)24-17-6-4-5-16(17)18(23-24)19(25)22-20(13-21)11-2-3-12-20/h7-10H,2-6,11-12H2,1H3,(H,22,25). The predicted molar refractivity (Wildman–Crippen MR) is 94.6 cm³/mol. The number of aromatic nitrogens is 2. The molecule has 1 aromatic heterocycles. The molecule has 0 spiro atoms. The van der Waals surface area contributed by atoms with Gasteiger partial charge in [-0.15, -0.1) is 0 Å². The Bertz CT molecular complexity index is 851. The largest absolute Gasteiger partial charge is 0.332 e. The summed E-state index contributed by atoms with van der Waals surface area (Å²) >= 11 is 0. The first-order valence-electron chi connectivity index (χ1n) is 9.03. The molecule has 0 bridgehead atoms. The van der Waals surface area contributed by atoms with Gasteiger partial charge < -0.3 is 5.32 Å². The molecule has 0 atom stereocenters. The van der Waals surface area contributed by atoms with Crippen LogP contribution in [-0.2, 0) is 12.8 Å². The number of nitrogens with zero attached hydrogens (tertiary/aromatic N) is 3. The van der Waals surface area contributed by atoms with E-state index in [2.05, 4.69) is 35.5 Å². The predicted octanol–water partition coefficient (Wildman–Crippen LogP) is 3.24. The lowest BCUT2D eigenvalue weighted by molar-refractivity contribution is 0.0914. The molecule has 5 nitrogen and oxygen atoms in total. The average molecular weight is 334 g/mol. The van der Waals surface area contributed by atoms with Gasteiger partial charge in [0.25, 0.3) is 5.91 Å². The summed E-state index contributed by atoms with van der Waals surface area (Å²) < 4.78 is 1.91. The van der Waals surface area contributed by atoms with Crippen molar-refractivity contribution >= 4 is 5.91 Å². The lowest BCUT2D eigenvalue weighted by atomic mass is 9.99. The number of rotatable bonds is 3. The van der Waals surface area contributed by atoms with Gasteiger partial charge in [0.05, 0.1) is 11.8 Å². The van der Waals surface area contributed by atoms with Gasteiger partial charge in [0.1, 0.15) is 5.54 Å². The van der Waals surface area contributed by atoms with E-state index in [9.17, 15) is 10.1 Å². The molecule has 1 amide bonds. The number of aryl methyl sites for hydroxylation is 1. The van der Waals surface area contributed by atoms with Crippen molar-refractivity contribution < 1.29 is 4.79 Å². The van der Waals surface area contributed by atoms with Crippen LogP contribution in [0.3, 0.4) is 0 Å². The van der Waals surface area contributed by atoms with Crippen molar-refractivity contribution in [2.75, 3.05) is 0 Å². The lowest BCUT2D eigenvalue weighted by Gasteiger charge is -2.21. The molecule has 5 heteroatoms. The Morgan fingerprint density at radius 1 is 1.20 bits per heavy atom. The summed E-state index contributed by atoms with van der Waals surface area (Å²) in [6.07, 6.45) is 6.30. The fraction of sp³-hybridized carbons (Fsp3) is 0.450. The highest BCUT2D eigenvalue weighted by Crippen LogP contribution is 2.31. The zero-order valence-corrected chi connectivity index (χ0v) is 14.5. The molecule has 2 aliphatic carbocycles.